The first-order chi connectivity index (χ1) is 9.60. The number of rotatable bonds is 5. The van der Waals surface area contributed by atoms with E-state index < -0.39 is 0 Å². The molecular formula is C15H16N2O2S. The maximum absolute atomic E-state index is 5.72. The Morgan fingerprint density at radius 1 is 1.20 bits per heavy atom. The minimum absolute atomic E-state index is 0.280. The van der Waals surface area contributed by atoms with Gasteiger partial charge in [-0.1, -0.05) is 24.4 Å². The van der Waals surface area contributed by atoms with Gasteiger partial charge in [-0.25, -0.2) is 4.98 Å². The van der Waals surface area contributed by atoms with Gasteiger partial charge < -0.3 is 15.2 Å². The maximum atomic E-state index is 5.72. The van der Waals surface area contributed by atoms with Gasteiger partial charge in [0.15, 0.2) is 0 Å². The maximum Gasteiger partial charge on any atom is 0.224 e. The number of benzene rings is 1. The molecule has 0 radical (unpaired) electrons. The minimum Gasteiger partial charge on any atom is -0.497 e. The van der Waals surface area contributed by atoms with Gasteiger partial charge in [0.1, 0.15) is 17.3 Å². The predicted octanol–water partition coefficient (Wildman–Crippen LogP) is 2.61. The van der Waals surface area contributed by atoms with Crippen molar-refractivity contribution < 1.29 is 9.47 Å². The van der Waals surface area contributed by atoms with Crippen LogP contribution in [0, 0.1) is 6.92 Å². The molecule has 0 amide bonds. The van der Waals surface area contributed by atoms with Crippen LogP contribution in [0.15, 0.2) is 36.4 Å². The zero-order valence-corrected chi connectivity index (χ0v) is 12.2. The van der Waals surface area contributed by atoms with Crippen LogP contribution in [0.5, 0.6) is 11.6 Å². The lowest BCUT2D eigenvalue weighted by Gasteiger charge is -2.10. The molecule has 2 rings (SSSR count). The van der Waals surface area contributed by atoms with Crippen molar-refractivity contribution in [3.8, 4) is 11.6 Å². The van der Waals surface area contributed by atoms with Gasteiger partial charge >= 0.3 is 0 Å². The number of methoxy groups -OCH3 is 1. The Hall–Kier alpha value is -2.14. The van der Waals surface area contributed by atoms with Gasteiger partial charge in [-0.3, -0.25) is 0 Å². The fourth-order valence-corrected chi connectivity index (χ4v) is 1.86. The molecule has 5 heteroatoms. The van der Waals surface area contributed by atoms with Crippen molar-refractivity contribution in [2.24, 2.45) is 5.73 Å². The van der Waals surface area contributed by atoms with Gasteiger partial charge in [-0.2, -0.15) is 0 Å². The number of nitrogens with zero attached hydrogens (tertiary/aromatic N) is 1. The molecule has 2 N–H and O–H groups in total. The Morgan fingerprint density at radius 2 is 1.90 bits per heavy atom. The Kier molecular flexibility index (Phi) is 4.53. The molecule has 0 atom stereocenters. The molecule has 4 nitrogen and oxygen atoms in total. The van der Waals surface area contributed by atoms with Crippen molar-refractivity contribution in [3.63, 3.8) is 0 Å². The molecule has 0 aliphatic heterocycles. The number of nitrogens with two attached hydrogens (primary N) is 1. The van der Waals surface area contributed by atoms with E-state index in [1.165, 1.54) is 0 Å². The van der Waals surface area contributed by atoms with Crippen LogP contribution in [0.25, 0.3) is 0 Å². The van der Waals surface area contributed by atoms with Gasteiger partial charge in [-0.15, -0.1) is 0 Å². The second-order valence-corrected chi connectivity index (χ2v) is 4.75. The summed E-state index contributed by atoms with van der Waals surface area (Å²) in [4.78, 5) is 4.61. The summed E-state index contributed by atoms with van der Waals surface area (Å²) in [6, 6.07) is 11.3. The second-order valence-electron chi connectivity index (χ2n) is 4.31. The van der Waals surface area contributed by atoms with E-state index in [1.54, 1.807) is 7.11 Å². The van der Waals surface area contributed by atoms with Crippen molar-refractivity contribution in [1.82, 2.24) is 4.98 Å². The van der Waals surface area contributed by atoms with Crippen LogP contribution >= 0.6 is 12.2 Å². The van der Waals surface area contributed by atoms with Gasteiger partial charge in [-0.05, 0) is 36.8 Å². The molecule has 1 aromatic heterocycles. The molecular weight excluding hydrogens is 272 g/mol. The van der Waals surface area contributed by atoms with Crippen LogP contribution in [-0.4, -0.2) is 17.1 Å². The van der Waals surface area contributed by atoms with Crippen LogP contribution in [0.2, 0.25) is 0 Å². The van der Waals surface area contributed by atoms with E-state index in [4.69, 9.17) is 27.4 Å². The van der Waals surface area contributed by atoms with E-state index in [0.29, 0.717) is 18.1 Å². The summed E-state index contributed by atoms with van der Waals surface area (Å²) in [5, 5.41) is 0. The number of thiocarbonyl (C=S) groups is 1. The predicted molar refractivity (Wildman–Crippen MR) is 82.2 cm³/mol. The Morgan fingerprint density at radius 3 is 2.50 bits per heavy atom. The summed E-state index contributed by atoms with van der Waals surface area (Å²) in [6.07, 6.45) is 0. The molecule has 1 aromatic carbocycles. The number of hydrogen-bond acceptors (Lipinski definition) is 4. The fourth-order valence-electron chi connectivity index (χ4n) is 1.70. The summed E-state index contributed by atoms with van der Waals surface area (Å²) >= 11 is 5.00. The SMILES string of the molecule is COc1ccc(COc2nc(C)ccc2C(N)=S)cc1. The minimum atomic E-state index is 0.280. The zero-order chi connectivity index (χ0) is 14.5. The normalized spacial score (nSPS) is 10.1. The number of aryl methyl sites for hydroxylation is 1. The second kappa shape index (κ2) is 6.34. The molecule has 20 heavy (non-hydrogen) atoms. The van der Waals surface area contributed by atoms with Crippen molar-refractivity contribution in [2.75, 3.05) is 7.11 Å². The number of pyridine rings is 1. The lowest BCUT2D eigenvalue weighted by molar-refractivity contribution is 0.292. The molecule has 0 fully saturated rings. The van der Waals surface area contributed by atoms with Crippen LogP contribution < -0.4 is 15.2 Å². The Labute approximate surface area is 123 Å². The third-order valence-electron chi connectivity index (χ3n) is 2.80. The summed E-state index contributed by atoms with van der Waals surface area (Å²) in [7, 11) is 1.64. The molecule has 0 aliphatic carbocycles. The van der Waals surface area contributed by atoms with Crippen LogP contribution in [0.4, 0.5) is 0 Å². The summed E-state index contributed by atoms with van der Waals surface area (Å²) in [6.45, 7) is 2.29. The first-order valence-electron chi connectivity index (χ1n) is 6.13. The number of ether oxygens (including phenoxy) is 2. The van der Waals surface area contributed by atoms with Gasteiger partial charge in [0.2, 0.25) is 5.88 Å². The number of aromatic nitrogens is 1. The Bertz CT molecular complexity index is 612. The van der Waals surface area contributed by atoms with Gasteiger partial charge in [0.25, 0.3) is 0 Å². The summed E-state index contributed by atoms with van der Waals surface area (Å²) in [5.41, 5.74) is 8.19. The van der Waals surface area contributed by atoms with Crippen LogP contribution in [0.1, 0.15) is 16.8 Å². The van der Waals surface area contributed by atoms with Crippen molar-refractivity contribution >= 4 is 17.2 Å². The quantitative estimate of drug-likeness (QED) is 0.857. The highest BCUT2D eigenvalue weighted by molar-refractivity contribution is 7.80. The number of hydrogen-bond donors (Lipinski definition) is 1. The largest absolute Gasteiger partial charge is 0.497 e. The highest BCUT2D eigenvalue weighted by Crippen LogP contribution is 2.18. The van der Waals surface area contributed by atoms with E-state index in [1.807, 2.05) is 43.3 Å². The van der Waals surface area contributed by atoms with E-state index in [0.717, 1.165) is 17.0 Å². The first-order valence-corrected chi connectivity index (χ1v) is 6.54. The lowest BCUT2D eigenvalue weighted by atomic mass is 10.2. The molecule has 1 heterocycles. The smallest absolute Gasteiger partial charge is 0.224 e. The molecule has 0 saturated carbocycles. The van der Waals surface area contributed by atoms with Crippen molar-refractivity contribution in [1.29, 1.82) is 0 Å². The van der Waals surface area contributed by atoms with E-state index >= 15 is 0 Å². The zero-order valence-electron chi connectivity index (χ0n) is 11.4. The third-order valence-corrected chi connectivity index (χ3v) is 3.02. The molecule has 2 aromatic rings. The first kappa shape index (κ1) is 14.3. The molecule has 0 bridgehead atoms. The topological polar surface area (TPSA) is 57.4 Å². The third kappa shape index (κ3) is 3.45. The van der Waals surface area contributed by atoms with E-state index in [-0.39, 0.29) is 4.99 Å². The fraction of sp³-hybridized carbons (Fsp3) is 0.200. The summed E-state index contributed by atoms with van der Waals surface area (Å²) in [5.74, 6) is 1.28. The summed E-state index contributed by atoms with van der Waals surface area (Å²) < 4.78 is 10.8. The average Bonchev–Trinajstić information content (AvgIpc) is 2.45. The van der Waals surface area contributed by atoms with E-state index in [2.05, 4.69) is 4.98 Å². The molecule has 0 spiro atoms. The standard InChI is InChI=1S/C15H16N2O2S/c1-10-3-8-13(14(16)20)15(17-10)19-9-11-4-6-12(18-2)7-5-11/h3-8H,9H2,1-2H3,(H2,16,20). The van der Waals surface area contributed by atoms with Gasteiger partial charge in [0, 0.05) is 5.69 Å². The molecule has 0 saturated heterocycles. The van der Waals surface area contributed by atoms with Gasteiger partial charge in [0.05, 0.1) is 12.7 Å². The van der Waals surface area contributed by atoms with Crippen molar-refractivity contribution in [2.45, 2.75) is 13.5 Å². The lowest BCUT2D eigenvalue weighted by Crippen LogP contribution is -2.13. The monoisotopic (exact) mass is 288 g/mol. The highest BCUT2D eigenvalue weighted by atomic mass is 32.1. The van der Waals surface area contributed by atoms with Crippen LogP contribution in [0.3, 0.4) is 0 Å². The van der Waals surface area contributed by atoms with Crippen molar-refractivity contribution in [3.05, 3.63) is 53.2 Å². The van der Waals surface area contributed by atoms with E-state index in [9.17, 15) is 0 Å². The molecule has 0 aliphatic rings. The Balaban J connectivity index is 2.13. The molecule has 104 valence electrons. The highest BCUT2D eigenvalue weighted by Gasteiger charge is 2.09. The van der Waals surface area contributed by atoms with Crippen LogP contribution in [-0.2, 0) is 6.61 Å². The average molecular weight is 288 g/mol. The molecule has 0 unspecified atom stereocenters.